The van der Waals surface area contributed by atoms with Gasteiger partial charge in [-0.2, -0.15) is 4.37 Å². The molecule has 0 radical (unpaired) electrons. The van der Waals surface area contributed by atoms with E-state index in [1.54, 1.807) is 18.6 Å². The maximum Gasteiger partial charge on any atom is 0.0868 e. The minimum Gasteiger partial charge on any atom is -0.374 e. The Kier molecular flexibility index (Phi) is 4.52. The number of ether oxygens (including phenoxy) is 1. The molecular weight excluding hydrogens is 352 g/mol. The van der Waals surface area contributed by atoms with Crippen LogP contribution in [0.25, 0.3) is 11.1 Å². The van der Waals surface area contributed by atoms with Gasteiger partial charge in [-0.1, -0.05) is 30.4 Å². The topological polar surface area (TPSA) is 25.4 Å². The molecule has 0 N–H and O–H groups in total. The average Bonchev–Trinajstić information content (AvgIpc) is 3.25. The van der Waals surface area contributed by atoms with Gasteiger partial charge in [0.15, 0.2) is 0 Å². The molecule has 3 aliphatic rings. The Morgan fingerprint density at radius 1 is 1.22 bits per heavy atom. The molecule has 142 valence electrons. The molecular formula is C23H28N2OS. The molecule has 1 aromatic heterocycles. The largest absolute Gasteiger partial charge is 0.374 e. The number of hydrogen-bond donors (Lipinski definition) is 0. The Labute approximate surface area is 166 Å². The number of hydrogen-bond acceptors (Lipinski definition) is 4. The Bertz CT molecular complexity index is 901. The van der Waals surface area contributed by atoms with Crippen LogP contribution in [0.2, 0.25) is 0 Å². The lowest BCUT2D eigenvalue weighted by Crippen LogP contribution is -2.45. The molecule has 2 aliphatic carbocycles. The Hall–Kier alpha value is -1.91. The molecule has 1 aliphatic heterocycles. The third kappa shape index (κ3) is 3.05. The van der Waals surface area contributed by atoms with Crippen LogP contribution in [0.5, 0.6) is 0 Å². The van der Waals surface area contributed by atoms with Crippen molar-refractivity contribution in [2.75, 3.05) is 7.11 Å². The third-order valence-electron chi connectivity index (χ3n) is 6.14. The van der Waals surface area contributed by atoms with E-state index in [1.165, 1.54) is 27.2 Å². The Balaban J connectivity index is 1.65. The predicted molar refractivity (Wildman–Crippen MR) is 114 cm³/mol. The molecule has 4 heteroatoms. The minimum atomic E-state index is -0.199. The summed E-state index contributed by atoms with van der Waals surface area (Å²) < 4.78 is 10.1. The number of aromatic nitrogens is 1. The number of methoxy groups -OCH3 is 1. The van der Waals surface area contributed by atoms with Gasteiger partial charge in [0.1, 0.15) is 0 Å². The number of allylic oxidation sites excluding steroid dienone is 4. The van der Waals surface area contributed by atoms with E-state index in [4.69, 9.17) is 4.74 Å². The first-order valence-corrected chi connectivity index (χ1v) is 10.4. The van der Waals surface area contributed by atoms with Gasteiger partial charge < -0.3 is 9.64 Å². The summed E-state index contributed by atoms with van der Waals surface area (Å²) in [4.78, 5) is 3.77. The SMILES string of the molecule is COC1(C)C=CC(c2cnsc2C2=CC=C3C=CN(C(C)C)C3(C)C2)=CC1. The first-order chi connectivity index (χ1) is 12.9. The molecule has 0 bridgehead atoms. The minimum absolute atomic E-state index is 0.0327. The first kappa shape index (κ1) is 18.5. The predicted octanol–water partition coefficient (Wildman–Crippen LogP) is 5.60. The summed E-state index contributed by atoms with van der Waals surface area (Å²) >= 11 is 1.61. The summed E-state index contributed by atoms with van der Waals surface area (Å²) in [5.41, 5.74) is 5.10. The first-order valence-electron chi connectivity index (χ1n) is 9.64. The summed E-state index contributed by atoms with van der Waals surface area (Å²) in [6, 6.07) is 0.480. The molecule has 1 aromatic rings. The van der Waals surface area contributed by atoms with Crippen LogP contribution in [0.15, 0.2) is 54.4 Å². The molecule has 0 saturated heterocycles. The highest BCUT2D eigenvalue weighted by Crippen LogP contribution is 2.46. The van der Waals surface area contributed by atoms with Gasteiger partial charge in [0.25, 0.3) is 0 Å². The molecule has 0 amide bonds. The highest BCUT2D eigenvalue weighted by molar-refractivity contribution is 7.07. The van der Waals surface area contributed by atoms with Gasteiger partial charge in [-0.25, -0.2) is 0 Å². The highest BCUT2D eigenvalue weighted by atomic mass is 32.1. The molecule has 0 fully saturated rings. The van der Waals surface area contributed by atoms with E-state index >= 15 is 0 Å². The molecule has 4 rings (SSSR count). The van der Waals surface area contributed by atoms with E-state index in [0.29, 0.717) is 6.04 Å². The number of rotatable bonds is 4. The smallest absolute Gasteiger partial charge is 0.0868 e. The quantitative estimate of drug-likeness (QED) is 0.680. The summed E-state index contributed by atoms with van der Waals surface area (Å²) in [5.74, 6) is 0. The zero-order chi connectivity index (χ0) is 19.2. The lowest BCUT2D eigenvalue weighted by Gasteiger charge is -2.42. The monoisotopic (exact) mass is 380 g/mol. The summed E-state index contributed by atoms with van der Waals surface area (Å²) in [6.45, 7) is 9.00. The fraction of sp³-hybridized carbons (Fsp3) is 0.435. The van der Waals surface area contributed by atoms with Crippen LogP contribution in [-0.2, 0) is 4.74 Å². The summed E-state index contributed by atoms with van der Waals surface area (Å²) in [5, 5.41) is 0. The lowest BCUT2D eigenvalue weighted by molar-refractivity contribution is 0.0508. The number of nitrogens with zero attached hydrogens (tertiary/aromatic N) is 2. The maximum atomic E-state index is 5.61. The van der Waals surface area contributed by atoms with Crippen molar-refractivity contribution >= 4 is 22.7 Å². The second kappa shape index (κ2) is 6.61. The van der Waals surface area contributed by atoms with Gasteiger partial charge in [0, 0.05) is 37.5 Å². The average molecular weight is 381 g/mol. The van der Waals surface area contributed by atoms with E-state index < -0.39 is 0 Å². The molecule has 0 saturated carbocycles. The zero-order valence-corrected chi connectivity index (χ0v) is 17.6. The fourth-order valence-electron chi connectivity index (χ4n) is 4.34. The second-order valence-electron chi connectivity index (χ2n) is 8.36. The zero-order valence-electron chi connectivity index (χ0n) is 16.8. The molecule has 2 heterocycles. The van der Waals surface area contributed by atoms with Crippen molar-refractivity contribution < 1.29 is 4.74 Å². The standard InChI is InChI=1S/C23H28N2OS/c1-16(2)25-13-10-19-7-6-18(14-23(19,25)4)21-20(15-24-27-21)17-8-11-22(3,26-5)12-9-17/h6-11,13,15-16H,12,14H2,1-5H3. The van der Waals surface area contributed by atoms with Crippen molar-refractivity contribution in [1.29, 1.82) is 0 Å². The van der Waals surface area contributed by atoms with Gasteiger partial charge in [0.05, 0.1) is 16.0 Å². The summed E-state index contributed by atoms with van der Waals surface area (Å²) in [7, 11) is 1.77. The van der Waals surface area contributed by atoms with Crippen molar-refractivity contribution in [3.05, 3.63) is 64.9 Å². The van der Waals surface area contributed by atoms with Gasteiger partial charge in [-0.15, -0.1) is 0 Å². The highest BCUT2D eigenvalue weighted by Gasteiger charge is 2.41. The normalized spacial score (nSPS) is 29.7. The van der Waals surface area contributed by atoms with E-state index in [9.17, 15) is 0 Å². The summed E-state index contributed by atoms with van der Waals surface area (Å²) in [6.07, 6.45) is 19.6. The molecule has 2 atom stereocenters. The lowest BCUT2D eigenvalue weighted by atomic mass is 9.80. The van der Waals surface area contributed by atoms with Gasteiger partial charge in [-0.05, 0) is 68.4 Å². The van der Waals surface area contributed by atoms with E-state index in [0.717, 1.165) is 12.8 Å². The van der Waals surface area contributed by atoms with Crippen molar-refractivity contribution in [2.24, 2.45) is 0 Å². The maximum absolute atomic E-state index is 5.61. The van der Waals surface area contributed by atoms with Gasteiger partial charge >= 0.3 is 0 Å². The van der Waals surface area contributed by atoms with Crippen LogP contribution in [0, 0.1) is 0 Å². The molecule has 0 aromatic carbocycles. The second-order valence-corrected chi connectivity index (χ2v) is 9.17. The third-order valence-corrected chi connectivity index (χ3v) is 7.02. The molecule has 27 heavy (non-hydrogen) atoms. The van der Waals surface area contributed by atoms with Crippen LogP contribution in [-0.4, -0.2) is 33.6 Å². The van der Waals surface area contributed by atoms with Crippen LogP contribution >= 0.6 is 11.5 Å². The number of fused-ring (bicyclic) bond motifs is 1. The van der Waals surface area contributed by atoms with Gasteiger partial charge in [0.2, 0.25) is 0 Å². The van der Waals surface area contributed by atoms with Gasteiger partial charge in [-0.3, -0.25) is 0 Å². The van der Waals surface area contributed by atoms with Crippen molar-refractivity contribution in [3.8, 4) is 0 Å². The van der Waals surface area contributed by atoms with Crippen LogP contribution in [0.4, 0.5) is 0 Å². The van der Waals surface area contributed by atoms with E-state index in [1.807, 2.05) is 6.20 Å². The molecule has 3 nitrogen and oxygen atoms in total. The van der Waals surface area contributed by atoms with E-state index in [-0.39, 0.29) is 11.1 Å². The molecule has 2 unspecified atom stereocenters. The Morgan fingerprint density at radius 2 is 2.04 bits per heavy atom. The van der Waals surface area contributed by atoms with Crippen LogP contribution < -0.4 is 0 Å². The van der Waals surface area contributed by atoms with Crippen molar-refractivity contribution in [2.45, 2.75) is 57.7 Å². The van der Waals surface area contributed by atoms with Crippen LogP contribution in [0.1, 0.15) is 51.0 Å². The van der Waals surface area contributed by atoms with Crippen molar-refractivity contribution in [3.63, 3.8) is 0 Å². The Morgan fingerprint density at radius 3 is 2.70 bits per heavy atom. The van der Waals surface area contributed by atoms with E-state index in [2.05, 4.69) is 79.6 Å². The molecule has 0 spiro atoms. The van der Waals surface area contributed by atoms with Crippen LogP contribution in [0.3, 0.4) is 0 Å². The fourth-order valence-corrected chi connectivity index (χ4v) is 5.13. The van der Waals surface area contributed by atoms with Crippen molar-refractivity contribution in [1.82, 2.24) is 9.27 Å².